The van der Waals surface area contributed by atoms with E-state index in [0.717, 1.165) is 0 Å². The van der Waals surface area contributed by atoms with Crippen LogP contribution in [0.3, 0.4) is 0 Å². The van der Waals surface area contributed by atoms with Crippen molar-refractivity contribution >= 4 is 29.2 Å². The molecule has 2 N–H and O–H groups in total. The molecule has 0 spiro atoms. The summed E-state index contributed by atoms with van der Waals surface area (Å²) >= 11 is 11.6. The average molecular weight is 261 g/mol. The Labute approximate surface area is 103 Å². The lowest BCUT2D eigenvalue weighted by molar-refractivity contribution is 0.241. The van der Waals surface area contributed by atoms with Gasteiger partial charge in [-0.05, 0) is 12.1 Å². The molecule has 0 saturated carbocycles. The molecule has 0 aromatic heterocycles. The van der Waals surface area contributed by atoms with E-state index in [4.69, 9.17) is 38.4 Å². The fraction of sp³-hybridized carbons (Fsp3) is 0.300. The second-order valence-corrected chi connectivity index (χ2v) is 4.13. The van der Waals surface area contributed by atoms with Crippen LogP contribution in [0.1, 0.15) is 0 Å². The minimum atomic E-state index is -0.0607. The Balaban J connectivity index is 1.92. The Bertz CT molecular complexity index is 423. The smallest absolute Gasteiger partial charge is 0.282 e. The summed E-state index contributed by atoms with van der Waals surface area (Å²) < 4.78 is 10.5. The first-order valence-electron chi connectivity index (χ1n) is 4.69. The van der Waals surface area contributed by atoms with Crippen molar-refractivity contribution in [2.75, 3.05) is 13.2 Å². The van der Waals surface area contributed by atoms with Gasteiger partial charge in [0.2, 0.25) is 0 Å². The Kier molecular flexibility index (Phi) is 3.41. The van der Waals surface area contributed by atoms with Gasteiger partial charge in [0.05, 0.1) is 10.0 Å². The molecule has 0 saturated heterocycles. The average Bonchev–Trinajstić information content (AvgIpc) is 2.66. The van der Waals surface area contributed by atoms with Gasteiger partial charge < -0.3 is 15.2 Å². The van der Waals surface area contributed by atoms with Crippen LogP contribution in [-0.2, 0) is 4.74 Å². The van der Waals surface area contributed by atoms with Crippen molar-refractivity contribution in [2.24, 2.45) is 10.7 Å². The largest absolute Gasteiger partial charge is 0.491 e. The number of hydrogen-bond donors (Lipinski definition) is 1. The number of halogens is 2. The zero-order valence-electron chi connectivity index (χ0n) is 8.32. The lowest BCUT2D eigenvalue weighted by Crippen LogP contribution is -2.17. The Morgan fingerprint density at radius 3 is 2.88 bits per heavy atom. The van der Waals surface area contributed by atoms with E-state index < -0.39 is 0 Å². The molecule has 6 heteroatoms. The maximum Gasteiger partial charge on any atom is 0.282 e. The zero-order chi connectivity index (χ0) is 11.5. The summed E-state index contributed by atoms with van der Waals surface area (Å²) in [4.78, 5) is 4.03. The molecular formula is C10H10Cl2N2O2. The van der Waals surface area contributed by atoms with E-state index in [-0.39, 0.29) is 12.1 Å². The molecule has 1 aromatic carbocycles. The van der Waals surface area contributed by atoms with E-state index in [2.05, 4.69) is 4.99 Å². The molecule has 4 nitrogen and oxygen atoms in total. The lowest BCUT2D eigenvalue weighted by atomic mass is 10.3. The molecule has 1 heterocycles. The second kappa shape index (κ2) is 4.80. The fourth-order valence-corrected chi connectivity index (χ4v) is 1.57. The molecule has 86 valence electrons. The van der Waals surface area contributed by atoms with Gasteiger partial charge in [0.25, 0.3) is 6.02 Å². The highest BCUT2D eigenvalue weighted by molar-refractivity contribution is 6.42. The first-order chi connectivity index (χ1) is 7.65. The van der Waals surface area contributed by atoms with Crippen LogP contribution in [0.4, 0.5) is 0 Å². The molecule has 1 unspecified atom stereocenters. The van der Waals surface area contributed by atoms with Gasteiger partial charge in [-0.1, -0.05) is 23.2 Å². The van der Waals surface area contributed by atoms with Gasteiger partial charge in [-0.3, -0.25) is 0 Å². The number of amidine groups is 1. The molecule has 0 fully saturated rings. The summed E-state index contributed by atoms with van der Waals surface area (Å²) in [6.45, 7) is 0.853. The number of nitrogens with zero attached hydrogens (tertiary/aromatic N) is 1. The first-order valence-corrected chi connectivity index (χ1v) is 5.44. The van der Waals surface area contributed by atoms with E-state index in [1.807, 2.05) is 0 Å². The first kappa shape index (κ1) is 11.4. The van der Waals surface area contributed by atoms with Crippen LogP contribution in [0.15, 0.2) is 23.2 Å². The Morgan fingerprint density at radius 2 is 2.25 bits per heavy atom. The van der Waals surface area contributed by atoms with E-state index in [0.29, 0.717) is 29.0 Å². The quantitative estimate of drug-likeness (QED) is 0.906. The van der Waals surface area contributed by atoms with Crippen molar-refractivity contribution < 1.29 is 9.47 Å². The Hall–Kier alpha value is -1.13. The number of ether oxygens (including phenoxy) is 2. The predicted octanol–water partition coefficient (Wildman–Crippen LogP) is 2.09. The van der Waals surface area contributed by atoms with Crippen LogP contribution in [0.25, 0.3) is 0 Å². The lowest BCUT2D eigenvalue weighted by Gasteiger charge is -2.09. The molecule has 0 radical (unpaired) electrons. The number of hydrogen-bond acceptors (Lipinski definition) is 4. The van der Waals surface area contributed by atoms with Crippen molar-refractivity contribution in [3.05, 3.63) is 28.2 Å². The monoisotopic (exact) mass is 260 g/mol. The second-order valence-electron chi connectivity index (χ2n) is 3.32. The summed E-state index contributed by atoms with van der Waals surface area (Å²) in [7, 11) is 0. The minimum absolute atomic E-state index is 0.0607. The molecule has 1 atom stereocenters. The maximum absolute atomic E-state index is 5.85. The SMILES string of the molecule is NC1=NC(COc2ccc(Cl)c(Cl)c2)CO1. The van der Waals surface area contributed by atoms with Gasteiger partial charge in [0.15, 0.2) is 0 Å². The van der Waals surface area contributed by atoms with Crippen molar-refractivity contribution in [1.82, 2.24) is 0 Å². The normalized spacial score (nSPS) is 19.1. The highest BCUT2D eigenvalue weighted by Gasteiger charge is 2.17. The molecule has 1 aliphatic heterocycles. The highest BCUT2D eigenvalue weighted by Crippen LogP contribution is 2.26. The summed E-state index contributed by atoms with van der Waals surface area (Å²) in [6, 6.07) is 5.24. The minimum Gasteiger partial charge on any atom is -0.491 e. The molecule has 0 aliphatic carbocycles. The molecular weight excluding hydrogens is 251 g/mol. The molecule has 0 amide bonds. The van der Waals surface area contributed by atoms with E-state index >= 15 is 0 Å². The molecule has 16 heavy (non-hydrogen) atoms. The van der Waals surface area contributed by atoms with Gasteiger partial charge in [-0.25, -0.2) is 4.99 Å². The van der Waals surface area contributed by atoms with Gasteiger partial charge in [-0.2, -0.15) is 0 Å². The summed E-state index contributed by atoms with van der Waals surface area (Å²) in [5.41, 5.74) is 5.37. The Morgan fingerprint density at radius 1 is 1.44 bits per heavy atom. The summed E-state index contributed by atoms with van der Waals surface area (Å²) in [5, 5.41) is 0.963. The third-order valence-electron chi connectivity index (χ3n) is 2.07. The highest BCUT2D eigenvalue weighted by atomic mass is 35.5. The van der Waals surface area contributed by atoms with Crippen LogP contribution in [-0.4, -0.2) is 25.3 Å². The number of benzene rings is 1. The van der Waals surface area contributed by atoms with Gasteiger partial charge in [0, 0.05) is 6.07 Å². The van der Waals surface area contributed by atoms with E-state index in [9.17, 15) is 0 Å². The van der Waals surface area contributed by atoms with Gasteiger partial charge >= 0.3 is 0 Å². The molecule has 2 rings (SSSR count). The number of nitrogens with two attached hydrogens (primary N) is 1. The summed E-state index contributed by atoms with van der Waals surface area (Å²) in [5.74, 6) is 0.648. The van der Waals surface area contributed by atoms with Crippen LogP contribution >= 0.6 is 23.2 Å². The summed E-state index contributed by atoms with van der Waals surface area (Å²) in [6.07, 6.45) is 0. The topological polar surface area (TPSA) is 56.8 Å². The van der Waals surface area contributed by atoms with Crippen molar-refractivity contribution in [3.8, 4) is 5.75 Å². The third kappa shape index (κ3) is 2.71. The van der Waals surface area contributed by atoms with Crippen molar-refractivity contribution in [2.45, 2.75) is 6.04 Å². The van der Waals surface area contributed by atoms with Gasteiger partial charge in [0.1, 0.15) is 25.0 Å². The number of aliphatic imine (C=N–C) groups is 1. The van der Waals surface area contributed by atoms with E-state index in [1.54, 1.807) is 18.2 Å². The molecule has 1 aliphatic rings. The third-order valence-corrected chi connectivity index (χ3v) is 2.81. The zero-order valence-corrected chi connectivity index (χ0v) is 9.83. The van der Waals surface area contributed by atoms with Crippen molar-refractivity contribution in [1.29, 1.82) is 0 Å². The predicted molar refractivity (Wildman–Crippen MR) is 63.3 cm³/mol. The van der Waals surface area contributed by atoms with E-state index in [1.165, 1.54) is 0 Å². The molecule has 0 bridgehead atoms. The van der Waals surface area contributed by atoms with Crippen LogP contribution < -0.4 is 10.5 Å². The fourth-order valence-electron chi connectivity index (χ4n) is 1.28. The van der Waals surface area contributed by atoms with Crippen LogP contribution in [0, 0.1) is 0 Å². The maximum atomic E-state index is 5.85. The number of rotatable bonds is 3. The van der Waals surface area contributed by atoms with Crippen LogP contribution in [0.5, 0.6) is 5.75 Å². The van der Waals surface area contributed by atoms with Crippen molar-refractivity contribution in [3.63, 3.8) is 0 Å². The van der Waals surface area contributed by atoms with Crippen LogP contribution in [0.2, 0.25) is 10.0 Å². The standard InChI is InChI=1S/C10H10Cl2N2O2/c11-8-2-1-7(3-9(8)12)15-4-6-5-16-10(13)14-6/h1-3,6H,4-5H2,(H2,13,14). The molecule has 1 aromatic rings. The van der Waals surface area contributed by atoms with Gasteiger partial charge in [-0.15, -0.1) is 0 Å².